The van der Waals surface area contributed by atoms with Crippen LogP contribution in [0, 0.1) is 0 Å². The van der Waals surface area contributed by atoms with Crippen LogP contribution in [-0.4, -0.2) is 22.3 Å². The van der Waals surface area contributed by atoms with E-state index in [4.69, 9.17) is 4.74 Å². The Kier molecular flexibility index (Phi) is 3.31. The van der Waals surface area contributed by atoms with Gasteiger partial charge in [0.2, 0.25) is 5.91 Å². The highest BCUT2D eigenvalue weighted by molar-refractivity contribution is 5.96. The Balaban J connectivity index is 1.79. The molecule has 1 aliphatic rings. The molecule has 1 N–H and O–H groups in total. The van der Waals surface area contributed by atoms with Gasteiger partial charge in [-0.05, 0) is 6.07 Å². The van der Waals surface area contributed by atoms with E-state index in [0.29, 0.717) is 16.0 Å². The molecule has 5 nitrogen and oxygen atoms in total. The van der Waals surface area contributed by atoms with Gasteiger partial charge in [-0.3, -0.25) is 9.48 Å². The second kappa shape index (κ2) is 5.04. The lowest BCUT2D eigenvalue weighted by Crippen LogP contribution is -2.22. The zero-order valence-electron chi connectivity index (χ0n) is 11.5. The number of halogens is 3. The molecule has 3 rings (SSSR count). The summed E-state index contributed by atoms with van der Waals surface area (Å²) in [4.78, 5) is 12.2. The average Bonchev–Trinajstić information content (AvgIpc) is 3.01. The monoisotopic (exact) mass is 311 g/mol. The lowest BCUT2D eigenvalue weighted by atomic mass is 10.0. The van der Waals surface area contributed by atoms with Crippen LogP contribution in [0.2, 0.25) is 0 Å². The van der Waals surface area contributed by atoms with Gasteiger partial charge in [-0.1, -0.05) is 18.2 Å². The lowest BCUT2D eigenvalue weighted by molar-refractivity contribution is -0.143. The Labute approximate surface area is 123 Å². The lowest BCUT2D eigenvalue weighted by Gasteiger charge is -2.07. The van der Waals surface area contributed by atoms with E-state index in [1.165, 1.54) is 7.05 Å². The minimum absolute atomic E-state index is 0.135. The number of amides is 1. The Bertz CT molecular complexity index is 724. The third-order valence-corrected chi connectivity index (χ3v) is 3.44. The highest BCUT2D eigenvalue weighted by Crippen LogP contribution is 2.35. The maximum absolute atomic E-state index is 12.7. The Morgan fingerprint density at radius 1 is 1.41 bits per heavy atom. The first kappa shape index (κ1) is 14.4. The van der Waals surface area contributed by atoms with Gasteiger partial charge in [0.15, 0.2) is 5.82 Å². The maximum atomic E-state index is 12.7. The number of carbonyl (C=O) groups is 1. The molecule has 0 fully saturated rings. The van der Waals surface area contributed by atoms with E-state index >= 15 is 0 Å². The Morgan fingerprint density at radius 3 is 2.82 bits per heavy atom. The maximum Gasteiger partial charge on any atom is 0.433 e. The van der Waals surface area contributed by atoms with Crippen molar-refractivity contribution in [2.75, 3.05) is 11.9 Å². The summed E-state index contributed by atoms with van der Waals surface area (Å²) in [6, 6.07) is 7.86. The average molecular weight is 311 g/mol. The van der Waals surface area contributed by atoms with Crippen LogP contribution in [0.4, 0.5) is 19.0 Å². The van der Waals surface area contributed by atoms with Gasteiger partial charge >= 0.3 is 6.18 Å². The summed E-state index contributed by atoms with van der Waals surface area (Å²) in [7, 11) is 1.17. The van der Waals surface area contributed by atoms with Crippen LogP contribution in [0.5, 0.6) is 5.75 Å². The zero-order valence-corrected chi connectivity index (χ0v) is 11.5. The molecule has 2 aromatic rings. The quantitative estimate of drug-likeness (QED) is 0.927. The van der Waals surface area contributed by atoms with Crippen LogP contribution in [0.1, 0.15) is 17.2 Å². The fraction of sp³-hybridized carbons (Fsp3) is 0.286. The molecule has 0 bridgehead atoms. The van der Waals surface area contributed by atoms with Gasteiger partial charge in [0.1, 0.15) is 24.0 Å². The highest BCUT2D eigenvalue weighted by atomic mass is 19.4. The number of nitrogens with one attached hydrogen (secondary N) is 1. The first-order chi connectivity index (χ1) is 10.4. The van der Waals surface area contributed by atoms with Crippen molar-refractivity contribution in [3.8, 4) is 5.75 Å². The molecule has 1 amide bonds. The molecule has 1 aromatic carbocycles. The SMILES string of the molecule is Cn1nc(NC(=O)C2COc3ccccc32)cc1C(F)(F)F. The molecule has 0 radical (unpaired) electrons. The molecular weight excluding hydrogens is 299 g/mol. The molecule has 0 saturated heterocycles. The predicted octanol–water partition coefficient (Wildman–Crippen LogP) is 2.55. The van der Waals surface area contributed by atoms with E-state index in [2.05, 4.69) is 10.4 Å². The molecule has 0 aliphatic carbocycles. The van der Waals surface area contributed by atoms with Gasteiger partial charge in [-0.25, -0.2) is 0 Å². The van der Waals surface area contributed by atoms with Crippen LogP contribution >= 0.6 is 0 Å². The fourth-order valence-electron chi connectivity index (χ4n) is 2.39. The summed E-state index contributed by atoms with van der Waals surface area (Å²) in [6.45, 7) is 0.157. The van der Waals surface area contributed by atoms with Crippen LogP contribution in [0.25, 0.3) is 0 Å². The summed E-state index contributed by atoms with van der Waals surface area (Å²) in [5.74, 6) is -0.534. The van der Waals surface area contributed by atoms with E-state index in [-0.39, 0.29) is 12.4 Å². The molecule has 2 heterocycles. The number of rotatable bonds is 2. The second-order valence-electron chi connectivity index (χ2n) is 4.93. The van der Waals surface area contributed by atoms with Crippen molar-refractivity contribution in [1.29, 1.82) is 0 Å². The zero-order chi connectivity index (χ0) is 15.9. The van der Waals surface area contributed by atoms with Crippen LogP contribution < -0.4 is 10.1 Å². The molecule has 1 unspecified atom stereocenters. The number of nitrogens with zero attached hydrogens (tertiary/aromatic N) is 2. The van der Waals surface area contributed by atoms with Crippen LogP contribution in [-0.2, 0) is 18.0 Å². The largest absolute Gasteiger partial charge is 0.492 e. The van der Waals surface area contributed by atoms with Crippen molar-refractivity contribution in [3.05, 3.63) is 41.6 Å². The predicted molar refractivity (Wildman–Crippen MR) is 71.5 cm³/mol. The van der Waals surface area contributed by atoms with E-state index in [9.17, 15) is 18.0 Å². The molecule has 1 aliphatic heterocycles. The van der Waals surface area contributed by atoms with Crippen LogP contribution in [0.15, 0.2) is 30.3 Å². The number of hydrogen-bond donors (Lipinski definition) is 1. The molecular formula is C14H12F3N3O2. The normalized spacial score (nSPS) is 17.0. The number of aryl methyl sites for hydroxylation is 1. The summed E-state index contributed by atoms with van der Waals surface area (Å²) in [6.07, 6.45) is -4.52. The Hall–Kier alpha value is -2.51. The standard InChI is InChI=1S/C14H12F3N3O2/c1-20-11(14(15,16)17)6-12(19-20)18-13(21)9-7-22-10-5-3-2-4-8(9)10/h2-6,9H,7H2,1H3,(H,18,19,21). The third kappa shape index (κ3) is 2.51. The summed E-state index contributed by atoms with van der Waals surface area (Å²) >= 11 is 0. The third-order valence-electron chi connectivity index (χ3n) is 3.44. The van der Waals surface area contributed by atoms with E-state index in [1.54, 1.807) is 24.3 Å². The van der Waals surface area contributed by atoms with E-state index in [0.717, 1.165) is 6.07 Å². The number of benzene rings is 1. The van der Waals surface area contributed by atoms with Crippen molar-refractivity contribution in [1.82, 2.24) is 9.78 Å². The minimum atomic E-state index is -4.52. The first-order valence-corrected chi connectivity index (χ1v) is 6.50. The molecule has 116 valence electrons. The van der Waals surface area contributed by atoms with E-state index in [1.807, 2.05) is 0 Å². The molecule has 0 saturated carbocycles. The van der Waals surface area contributed by atoms with Crippen LogP contribution in [0.3, 0.4) is 0 Å². The van der Waals surface area contributed by atoms with Gasteiger partial charge in [-0.15, -0.1) is 0 Å². The van der Waals surface area contributed by atoms with Crippen molar-refractivity contribution in [2.45, 2.75) is 12.1 Å². The molecule has 1 aromatic heterocycles. The molecule has 22 heavy (non-hydrogen) atoms. The number of carbonyl (C=O) groups excluding carboxylic acids is 1. The van der Waals surface area contributed by atoms with Crippen molar-refractivity contribution < 1.29 is 22.7 Å². The molecule has 1 atom stereocenters. The summed E-state index contributed by atoms with van der Waals surface area (Å²) < 4.78 is 44.2. The van der Waals surface area contributed by atoms with Crippen molar-refractivity contribution in [2.24, 2.45) is 7.05 Å². The van der Waals surface area contributed by atoms with Crippen molar-refractivity contribution in [3.63, 3.8) is 0 Å². The number of hydrogen-bond acceptors (Lipinski definition) is 3. The number of para-hydroxylation sites is 1. The summed E-state index contributed by atoms with van der Waals surface area (Å²) in [5.41, 5.74) is -0.210. The van der Waals surface area contributed by atoms with Crippen molar-refractivity contribution >= 4 is 11.7 Å². The minimum Gasteiger partial charge on any atom is -0.492 e. The summed E-state index contributed by atoms with van der Waals surface area (Å²) in [5, 5.41) is 6.08. The van der Waals surface area contributed by atoms with Gasteiger partial charge in [-0.2, -0.15) is 18.3 Å². The van der Waals surface area contributed by atoms with E-state index < -0.39 is 23.7 Å². The van der Waals surface area contributed by atoms with Gasteiger partial charge in [0.25, 0.3) is 0 Å². The van der Waals surface area contributed by atoms with Gasteiger partial charge in [0, 0.05) is 18.7 Å². The molecule has 0 spiro atoms. The topological polar surface area (TPSA) is 56.2 Å². The first-order valence-electron chi connectivity index (χ1n) is 6.50. The van der Waals surface area contributed by atoms with Gasteiger partial charge in [0.05, 0.1) is 0 Å². The number of ether oxygens (including phenoxy) is 1. The second-order valence-corrected chi connectivity index (χ2v) is 4.93. The number of alkyl halides is 3. The number of aromatic nitrogens is 2. The fourth-order valence-corrected chi connectivity index (χ4v) is 2.39. The highest BCUT2D eigenvalue weighted by Gasteiger charge is 2.36. The molecule has 8 heteroatoms. The number of fused-ring (bicyclic) bond motifs is 1. The van der Waals surface area contributed by atoms with Gasteiger partial charge < -0.3 is 10.1 Å². The number of anilines is 1. The Morgan fingerprint density at radius 2 is 2.14 bits per heavy atom. The smallest absolute Gasteiger partial charge is 0.433 e.